The standard InChI is InChI=1S/C35H26FNO5/c1-41-23-14-15-26(28(19-23)42-2)30-31(32(38)20-8-4-3-5-9-20)37-27-16-13-22(36)18-21(27)12-17-29(37)35(30)33(39)24-10-6-7-11-25(24)34(35)40/h3-19,29-31H,1-2H3/t29-,30-,31-/m1/s1. The second kappa shape index (κ2) is 9.52. The number of methoxy groups -OCH3 is 2. The van der Waals surface area contributed by atoms with Gasteiger partial charge in [-0.1, -0.05) is 72.8 Å². The lowest BCUT2D eigenvalue weighted by Crippen LogP contribution is -2.48. The van der Waals surface area contributed by atoms with E-state index in [0.717, 1.165) is 0 Å². The Hall–Kier alpha value is -5.04. The highest BCUT2D eigenvalue weighted by molar-refractivity contribution is 6.32. The molecule has 0 N–H and O–H groups in total. The lowest BCUT2D eigenvalue weighted by molar-refractivity contribution is 0.0665. The number of nitrogens with zero attached hydrogens (tertiary/aromatic N) is 1. The van der Waals surface area contributed by atoms with Crippen LogP contribution in [0.5, 0.6) is 11.5 Å². The van der Waals surface area contributed by atoms with Crippen molar-refractivity contribution in [2.45, 2.75) is 18.0 Å². The Balaban J connectivity index is 1.57. The molecule has 3 atom stereocenters. The summed E-state index contributed by atoms with van der Waals surface area (Å²) >= 11 is 0. The number of ketones is 3. The highest BCUT2D eigenvalue weighted by Gasteiger charge is 2.72. The molecule has 4 aromatic rings. The molecule has 2 aliphatic heterocycles. The molecule has 0 saturated carbocycles. The van der Waals surface area contributed by atoms with Crippen molar-refractivity contribution in [2.75, 3.05) is 19.1 Å². The average Bonchev–Trinajstić information content (AvgIpc) is 3.46. The maximum absolute atomic E-state index is 14.7. The summed E-state index contributed by atoms with van der Waals surface area (Å²) in [6, 6.07) is 23.4. The van der Waals surface area contributed by atoms with Gasteiger partial charge < -0.3 is 14.4 Å². The van der Waals surface area contributed by atoms with Crippen LogP contribution in [0.3, 0.4) is 0 Å². The normalized spacial score (nSPS) is 21.2. The maximum atomic E-state index is 14.7. The van der Waals surface area contributed by atoms with Crippen LogP contribution in [-0.4, -0.2) is 43.7 Å². The maximum Gasteiger partial charge on any atom is 0.185 e. The van der Waals surface area contributed by atoms with Crippen molar-refractivity contribution in [3.63, 3.8) is 0 Å². The van der Waals surface area contributed by atoms with E-state index in [1.165, 1.54) is 26.4 Å². The number of hydrogen-bond acceptors (Lipinski definition) is 6. The van der Waals surface area contributed by atoms with Crippen LogP contribution in [0.15, 0.2) is 97.1 Å². The van der Waals surface area contributed by atoms with Crippen LogP contribution in [0.4, 0.5) is 10.1 Å². The minimum absolute atomic E-state index is 0.262. The molecule has 42 heavy (non-hydrogen) atoms. The summed E-state index contributed by atoms with van der Waals surface area (Å²) in [5, 5.41) is 0. The molecule has 2 heterocycles. The first-order valence-corrected chi connectivity index (χ1v) is 13.7. The highest BCUT2D eigenvalue weighted by atomic mass is 19.1. The minimum atomic E-state index is -1.69. The van der Waals surface area contributed by atoms with Gasteiger partial charge in [0.2, 0.25) is 0 Å². The van der Waals surface area contributed by atoms with Crippen LogP contribution in [0.1, 0.15) is 48.1 Å². The summed E-state index contributed by atoms with van der Waals surface area (Å²) in [7, 11) is 3.04. The summed E-state index contributed by atoms with van der Waals surface area (Å²) in [6.07, 6.45) is 3.51. The van der Waals surface area contributed by atoms with Gasteiger partial charge >= 0.3 is 0 Å². The zero-order valence-corrected chi connectivity index (χ0v) is 22.9. The number of anilines is 1. The van der Waals surface area contributed by atoms with Crippen LogP contribution < -0.4 is 14.4 Å². The van der Waals surface area contributed by atoms with E-state index in [0.29, 0.717) is 45.0 Å². The Labute approximate surface area is 242 Å². The molecule has 1 spiro atoms. The Morgan fingerprint density at radius 3 is 2.19 bits per heavy atom. The molecule has 0 amide bonds. The fraction of sp³-hybridized carbons (Fsp3) is 0.171. The van der Waals surface area contributed by atoms with Crippen molar-refractivity contribution in [3.05, 3.63) is 131 Å². The summed E-state index contributed by atoms with van der Waals surface area (Å²) in [6.45, 7) is 0. The van der Waals surface area contributed by atoms with Gasteiger partial charge in [0, 0.05) is 45.5 Å². The van der Waals surface area contributed by atoms with Crippen molar-refractivity contribution < 1.29 is 28.2 Å². The van der Waals surface area contributed by atoms with Gasteiger partial charge in [0.15, 0.2) is 17.3 Å². The Morgan fingerprint density at radius 1 is 0.833 bits per heavy atom. The second-order valence-corrected chi connectivity index (χ2v) is 10.7. The second-order valence-electron chi connectivity index (χ2n) is 10.7. The summed E-state index contributed by atoms with van der Waals surface area (Å²) < 4.78 is 25.7. The smallest absolute Gasteiger partial charge is 0.185 e. The monoisotopic (exact) mass is 559 g/mol. The molecule has 3 aliphatic rings. The van der Waals surface area contributed by atoms with E-state index in [2.05, 4.69) is 0 Å². The Morgan fingerprint density at radius 2 is 1.52 bits per heavy atom. The third-order valence-corrected chi connectivity index (χ3v) is 8.87. The van der Waals surface area contributed by atoms with Gasteiger partial charge in [-0.3, -0.25) is 14.4 Å². The molecule has 4 aromatic carbocycles. The van der Waals surface area contributed by atoms with E-state index in [9.17, 15) is 18.8 Å². The molecule has 0 bridgehead atoms. The number of Topliss-reactive ketones (excluding diaryl/α,β-unsaturated/α-hetero) is 3. The number of halogens is 1. The molecular formula is C35H26FNO5. The number of benzene rings is 4. The van der Waals surface area contributed by atoms with Crippen molar-refractivity contribution >= 4 is 29.1 Å². The number of fused-ring (bicyclic) bond motifs is 5. The number of ether oxygens (including phenoxy) is 2. The predicted molar refractivity (Wildman–Crippen MR) is 156 cm³/mol. The predicted octanol–water partition coefficient (Wildman–Crippen LogP) is 6.16. The van der Waals surface area contributed by atoms with E-state index in [-0.39, 0.29) is 17.3 Å². The molecule has 208 valence electrons. The first-order valence-electron chi connectivity index (χ1n) is 13.7. The van der Waals surface area contributed by atoms with E-state index >= 15 is 0 Å². The molecule has 7 heteroatoms. The molecule has 0 unspecified atom stereocenters. The van der Waals surface area contributed by atoms with Crippen LogP contribution in [0.2, 0.25) is 0 Å². The first kappa shape index (κ1) is 25.9. The molecular weight excluding hydrogens is 533 g/mol. The summed E-state index contributed by atoms with van der Waals surface area (Å²) in [4.78, 5) is 46.0. The Kier molecular flexibility index (Phi) is 5.87. The fourth-order valence-corrected chi connectivity index (χ4v) is 7.14. The molecule has 1 aliphatic carbocycles. The highest BCUT2D eigenvalue weighted by Crippen LogP contribution is 2.62. The van der Waals surface area contributed by atoms with Gasteiger partial charge in [-0.2, -0.15) is 0 Å². The largest absolute Gasteiger partial charge is 0.497 e. The van der Waals surface area contributed by atoms with E-state index < -0.39 is 29.2 Å². The number of rotatable bonds is 5. The zero-order valence-electron chi connectivity index (χ0n) is 22.9. The summed E-state index contributed by atoms with van der Waals surface area (Å²) in [5.41, 5.74) is 1.06. The van der Waals surface area contributed by atoms with E-state index in [1.807, 2.05) is 11.0 Å². The molecule has 1 fully saturated rings. The summed E-state index contributed by atoms with van der Waals surface area (Å²) in [5.74, 6) is -1.42. The average molecular weight is 560 g/mol. The van der Waals surface area contributed by atoms with E-state index in [4.69, 9.17) is 9.47 Å². The van der Waals surface area contributed by atoms with Crippen molar-refractivity contribution in [1.82, 2.24) is 0 Å². The van der Waals surface area contributed by atoms with Crippen LogP contribution in [0, 0.1) is 11.2 Å². The van der Waals surface area contributed by atoms with E-state index in [1.54, 1.807) is 84.9 Å². The fourth-order valence-electron chi connectivity index (χ4n) is 7.14. The number of carbonyl (C=O) groups is 3. The van der Waals surface area contributed by atoms with Gasteiger partial charge in [-0.15, -0.1) is 0 Å². The van der Waals surface area contributed by atoms with Gasteiger partial charge in [0.05, 0.1) is 20.3 Å². The van der Waals surface area contributed by atoms with Gasteiger partial charge in [-0.25, -0.2) is 4.39 Å². The van der Waals surface area contributed by atoms with Gasteiger partial charge in [0.1, 0.15) is 28.8 Å². The quantitative estimate of drug-likeness (QED) is 0.216. The van der Waals surface area contributed by atoms with Gasteiger partial charge in [0.25, 0.3) is 0 Å². The van der Waals surface area contributed by atoms with Gasteiger partial charge in [-0.05, 0) is 24.3 Å². The lowest BCUT2D eigenvalue weighted by atomic mass is 9.64. The lowest BCUT2D eigenvalue weighted by Gasteiger charge is -2.37. The van der Waals surface area contributed by atoms with Crippen LogP contribution in [-0.2, 0) is 0 Å². The SMILES string of the molecule is COc1ccc([C@@H]2[C@H](C(=O)c3ccccc3)N3c4ccc(F)cc4C=C[C@@H]3C23C(=O)c2ccccc2C3=O)c(OC)c1. The van der Waals surface area contributed by atoms with Crippen molar-refractivity contribution in [3.8, 4) is 11.5 Å². The Bertz CT molecular complexity index is 1780. The van der Waals surface area contributed by atoms with Crippen LogP contribution >= 0.6 is 0 Å². The third-order valence-electron chi connectivity index (χ3n) is 8.87. The molecule has 1 saturated heterocycles. The number of carbonyl (C=O) groups excluding carboxylic acids is 3. The minimum Gasteiger partial charge on any atom is -0.497 e. The molecule has 0 radical (unpaired) electrons. The van der Waals surface area contributed by atoms with Crippen molar-refractivity contribution in [2.24, 2.45) is 5.41 Å². The van der Waals surface area contributed by atoms with Crippen molar-refractivity contribution in [1.29, 1.82) is 0 Å². The number of hydrogen-bond donors (Lipinski definition) is 0. The molecule has 6 nitrogen and oxygen atoms in total. The zero-order chi connectivity index (χ0) is 29.2. The topological polar surface area (TPSA) is 72.9 Å². The molecule has 0 aromatic heterocycles. The first-order chi connectivity index (χ1) is 20.4. The molecule has 7 rings (SSSR count). The van der Waals surface area contributed by atoms with Crippen LogP contribution in [0.25, 0.3) is 6.08 Å². The third kappa shape index (κ3) is 3.40.